The molecule has 0 atom stereocenters. The van der Waals surface area contributed by atoms with Crippen molar-refractivity contribution < 1.29 is 9.37 Å². The fourth-order valence-corrected chi connectivity index (χ4v) is 3.30. The molecule has 1 N–H and O–H groups in total. The van der Waals surface area contributed by atoms with Crippen LogP contribution in [0.5, 0.6) is 0 Å². The minimum absolute atomic E-state index is 0.415. The van der Waals surface area contributed by atoms with E-state index >= 15 is 0 Å². The van der Waals surface area contributed by atoms with Crippen LogP contribution in [0.2, 0.25) is 0 Å². The lowest BCUT2D eigenvalue weighted by Crippen LogP contribution is -2.36. The van der Waals surface area contributed by atoms with Crippen molar-refractivity contribution in [1.29, 1.82) is 0 Å². The van der Waals surface area contributed by atoms with E-state index in [-0.39, 0.29) is 0 Å². The molecule has 0 saturated carbocycles. The second-order valence-electron chi connectivity index (χ2n) is 6.53. The van der Waals surface area contributed by atoms with E-state index in [9.17, 15) is 0 Å². The zero-order chi connectivity index (χ0) is 17.8. The minimum atomic E-state index is 0.415. The van der Waals surface area contributed by atoms with Crippen molar-refractivity contribution >= 4 is 22.9 Å². The van der Waals surface area contributed by atoms with Crippen LogP contribution < -0.4 is 10.2 Å². The largest absolute Gasteiger partial charge is 0.384 e. The summed E-state index contributed by atoms with van der Waals surface area (Å²) in [5.74, 6) is 2.12. The van der Waals surface area contributed by atoms with Crippen LogP contribution >= 0.6 is 0 Å². The standard InChI is InChI=1S/C18H22N6O2/c1-25-12-14-7-9-24(10-8-14)18-17(19-11-13-5-3-2-4-6-13)20-15-16(21-18)23-26-22-15/h2-6,14H,7-12H2,1H3,(H,19,20,22). The quantitative estimate of drug-likeness (QED) is 0.722. The molecule has 4 rings (SSSR count). The second kappa shape index (κ2) is 7.65. The lowest BCUT2D eigenvalue weighted by atomic mass is 9.98. The molecule has 0 spiro atoms. The molecule has 8 heteroatoms. The van der Waals surface area contributed by atoms with E-state index in [0.717, 1.165) is 38.4 Å². The van der Waals surface area contributed by atoms with Crippen molar-refractivity contribution in [3.63, 3.8) is 0 Å². The molecule has 1 saturated heterocycles. The maximum atomic E-state index is 5.29. The van der Waals surface area contributed by atoms with Gasteiger partial charge in [-0.25, -0.2) is 14.6 Å². The van der Waals surface area contributed by atoms with Crippen LogP contribution in [0.25, 0.3) is 11.3 Å². The third-order valence-corrected chi connectivity index (χ3v) is 4.72. The van der Waals surface area contributed by atoms with Gasteiger partial charge in [-0.05, 0) is 34.6 Å². The number of fused-ring (bicyclic) bond motifs is 1. The Balaban J connectivity index is 1.56. The number of rotatable bonds is 6. The predicted molar refractivity (Wildman–Crippen MR) is 98.0 cm³/mol. The van der Waals surface area contributed by atoms with Crippen LogP contribution in [0.15, 0.2) is 35.0 Å². The highest BCUT2D eigenvalue weighted by atomic mass is 16.6. The molecule has 0 aliphatic carbocycles. The lowest BCUT2D eigenvalue weighted by Gasteiger charge is -2.33. The number of hydrogen-bond acceptors (Lipinski definition) is 8. The zero-order valence-corrected chi connectivity index (χ0v) is 14.8. The van der Waals surface area contributed by atoms with Gasteiger partial charge in [-0.2, -0.15) is 0 Å². The molecule has 3 heterocycles. The summed E-state index contributed by atoms with van der Waals surface area (Å²) in [6.45, 7) is 3.31. The summed E-state index contributed by atoms with van der Waals surface area (Å²) < 4.78 is 10.1. The Hall–Kier alpha value is -2.74. The molecular weight excluding hydrogens is 332 g/mol. The molecule has 136 valence electrons. The Bertz CT molecular complexity index is 845. The number of benzene rings is 1. The number of methoxy groups -OCH3 is 1. The number of nitrogens with zero attached hydrogens (tertiary/aromatic N) is 5. The van der Waals surface area contributed by atoms with Crippen molar-refractivity contribution in [2.45, 2.75) is 19.4 Å². The number of aromatic nitrogens is 4. The van der Waals surface area contributed by atoms with Gasteiger partial charge in [0.1, 0.15) is 0 Å². The minimum Gasteiger partial charge on any atom is -0.384 e. The van der Waals surface area contributed by atoms with Gasteiger partial charge in [-0.1, -0.05) is 30.3 Å². The van der Waals surface area contributed by atoms with Gasteiger partial charge in [0.15, 0.2) is 11.6 Å². The van der Waals surface area contributed by atoms with Gasteiger partial charge in [0.05, 0.1) is 0 Å². The van der Waals surface area contributed by atoms with E-state index in [1.54, 1.807) is 7.11 Å². The summed E-state index contributed by atoms with van der Waals surface area (Å²) in [6, 6.07) is 10.2. The summed E-state index contributed by atoms with van der Waals surface area (Å²) in [4.78, 5) is 11.5. The van der Waals surface area contributed by atoms with Crippen molar-refractivity contribution in [2.75, 3.05) is 37.0 Å². The Morgan fingerprint density at radius 1 is 1.12 bits per heavy atom. The highest BCUT2D eigenvalue weighted by Crippen LogP contribution is 2.28. The Morgan fingerprint density at radius 2 is 1.85 bits per heavy atom. The van der Waals surface area contributed by atoms with Crippen molar-refractivity contribution in [2.24, 2.45) is 5.92 Å². The molecule has 3 aromatic rings. The van der Waals surface area contributed by atoms with Crippen LogP contribution in [0.3, 0.4) is 0 Å². The van der Waals surface area contributed by atoms with Crippen LogP contribution in [-0.2, 0) is 11.3 Å². The first kappa shape index (κ1) is 16.7. The summed E-state index contributed by atoms with van der Waals surface area (Å²) >= 11 is 0. The van der Waals surface area contributed by atoms with Gasteiger partial charge in [0.25, 0.3) is 0 Å². The first-order valence-electron chi connectivity index (χ1n) is 8.85. The van der Waals surface area contributed by atoms with Gasteiger partial charge < -0.3 is 15.0 Å². The van der Waals surface area contributed by atoms with E-state index in [4.69, 9.17) is 9.37 Å². The summed E-state index contributed by atoms with van der Waals surface area (Å²) in [5.41, 5.74) is 2.03. The molecule has 0 bridgehead atoms. The number of ether oxygens (including phenoxy) is 1. The van der Waals surface area contributed by atoms with Crippen LogP contribution in [-0.4, -0.2) is 47.1 Å². The summed E-state index contributed by atoms with van der Waals surface area (Å²) in [7, 11) is 1.76. The van der Waals surface area contributed by atoms with Gasteiger partial charge in [0, 0.05) is 33.4 Å². The normalized spacial score (nSPS) is 15.5. The van der Waals surface area contributed by atoms with Gasteiger partial charge in [0.2, 0.25) is 11.3 Å². The van der Waals surface area contributed by atoms with E-state index < -0.39 is 0 Å². The maximum Gasteiger partial charge on any atom is 0.245 e. The number of nitrogens with one attached hydrogen (secondary N) is 1. The Morgan fingerprint density at radius 3 is 2.58 bits per heavy atom. The molecule has 1 aromatic carbocycles. The van der Waals surface area contributed by atoms with Crippen LogP contribution in [0.1, 0.15) is 18.4 Å². The highest BCUT2D eigenvalue weighted by Gasteiger charge is 2.24. The van der Waals surface area contributed by atoms with Crippen molar-refractivity contribution in [1.82, 2.24) is 20.3 Å². The average molecular weight is 354 g/mol. The Labute approximate surface area is 151 Å². The number of piperidine rings is 1. The molecule has 0 amide bonds. The van der Waals surface area contributed by atoms with E-state index in [0.29, 0.717) is 29.6 Å². The second-order valence-corrected chi connectivity index (χ2v) is 6.53. The molecule has 0 radical (unpaired) electrons. The van der Waals surface area contributed by atoms with Gasteiger partial charge in [-0.15, -0.1) is 0 Å². The molecule has 8 nitrogen and oxygen atoms in total. The van der Waals surface area contributed by atoms with Crippen LogP contribution in [0.4, 0.5) is 11.6 Å². The summed E-state index contributed by atoms with van der Waals surface area (Å²) in [5, 5.41) is 11.1. The van der Waals surface area contributed by atoms with Crippen LogP contribution in [0, 0.1) is 5.92 Å². The number of hydrogen-bond donors (Lipinski definition) is 1. The fraction of sp³-hybridized carbons (Fsp3) is 0.444. The van der Waals surface area contributed by atoms with E-state index in [1.165, 1.54) is 5.56 Å². The first-order chi connectivity index (χ1) is 12.8. The molecule has 1 aliphatic rings. The molecule has 1 aliphatic heterocycles. The van der Waals surface area contributed by atoms with Crippen molar-refractivity contribution in [3.8, 4) is 0 Å². The molecule has 1 fully saturated rings. The zero-order valence-electron chi connectivity index (χ0n) is 14.8. The highest BCUT2D eigenvalue weighted by molar-refractivity contribution is 5.74. The molecule has 26 heavy (non-hydrogen) atoms. The van der Waals surface area contributed by atoms with Crippen molar-refractivity contribution in [3.05, 3.63) is 35.9 Å². The average Bonchev–Trinajstić information content (AvgIpc) is 3.15. The monoisotopic (exact) mass is 354 g/mol. The smallest absolute Gasteiger partial charge is 0.245 e. The molecule has 0 unspecified atom stereocenters. The van der Waals surface area contributed by atoms with E-state index in [2.05, 4.69) is 42.6 Å². The first-order valence-corrected chi connectivity index (χ1v) is 8.85. The lowest BCUT2D eigenvalue weighted by molar-refractivity contribution is 0.139. The van der Waals surface area contributed by atoms with Gasteiger partial charge in [-0.3, -0.25) is 0 Å². The Kier molecular flexibility index (Phi) is 4.92. The SMILES string of the molecule is COCC1CCN(c2nc3nonc3nc2NCc2ccccc2)CC1. The third-order valence-electron chi connectivity index (χ3n) is 4.72. The summed E-state index contributed by atoms with van der Waals surface area (Å²) in [6.07, 6.45) is 2.14. The number of anilines is 2. The van der Waals surface area contributed by atoms with E-state index in [1.807, 2.05) is 18.2 Å². The predicted octanol–water partition coefficient (Wildman–Crippen LogP) is 2.49. The maximum absolute atomic E-state index is 5.29. The topological polar surface area (TPSA) is 89.2 Å². The fourth-order valence-electron chi connectivity index (χ4n) is 3.30. The van der Waals surface area contributed by atoms with Gasteiger partial charge >= 0.3 is 0 Å². The molecular formula is C18H22N6O2. The third kappa shape index (κ3) is 3.60. The molecule has 2 aromatic heterocycles.